The van der Waals surface area contributed by atoms with E-state index in [0.29, 0.717) is 12.0 Å². The van der Waals surface area contributed by atoms with Crippen LogP contribution >= 0.6 is 0 Å². The number of hydrogen-bond donors (Lipinski definition) is 2. The molecular formula is C12H18O2. The van der Waals surface area contributed by atoms with Crippen molar-refractivity contribution in [3.63, 3.8) is 0 Å². The second-order valence-corrected chi connectivity index (χ2v) is 3.53. The first-order valence-corrected chi connectivity index (χ1v) is 5.23. The Morgan fingerprint density at radius 2 is 1.86 bits per heavy atom. The molecule has 0 saturated heterocycles. The van der Waals surface area contributed by atoms with E-state index in [1.54, 1.807) is 12.1 Å². The van der Waals surface area contributed by atoms with Crippen LogP contribution in [0.5, 0.6) is 11.5 Å². The van der Waals surface area contributed by atoms with E-state index < -0.39 is 0 Å². The van der Waals surface area contributed by atoms with Gasteiger partial charge in [0.05, 0.1) is 0 Å². The number of hydrogen-bond acceptors (Lipinski definition) is 2. The van der Waals surface area contributed by atoms with Crippen LogP contribution in [0.25, 0.3) is 0 Å². The highest BCUT2D eigenvalue weighted by Gasteiger charge is 2.09. The van der Waals surface area contributed by atoms with Crippen LogP contribution in [0.3, 0.4) is 0 Å². The van der Waals surface area contributed by atoms with Crippen LogP contribution in [0.1, 0.15) is 37.8 Å². The van der Waals surface area contributed by atoms with E-state index in [1.807, 2.05) is 6.92 Å². The lowest BCUT2D eigenvalue weighted by molar-refractivity contribution is 0.434. The lowest BCUT2D eigenvalue weighted by atomic mass is 10.0. The van der Waals surface area contributed by atoms with Gasteiger partial charge < -0.3 is 10.2 Å². The first kappa shape index (κ1) is 10.9. The molecule has 0 heterocycles. The average Bonchev–Trinajstić information content (AvgIpc) is 2.18. The Balaban J connectivity index is 2.96. The monoisotopic (exact) mass is 194 g/mol. The van der Waals surface area contributed by atoms with Crippen LogP contribution < -0.4 is 0 Å². The van der Waals surface area contributed by atoms with E-state index >= 15 is 0 Å². The van der Waals surface area contributed by atoms with Gasteiger partial charge in [0, 0.05) is 5.56 Å². The fourth-order valence-electron chi connectivity index (χ4n) is 1.59. The van der Waals surface area contributed by atoms with Gasteiger partial charge in [-0.2, -0.15) is 0 Å². The molecule has 14 heavy (non-hydrogen) atoms. The molecule has 1 rings (SSSR count). The molecule has 2 nitrogen and oxygen atoms in total. The Morgan fingerprint density at radius 1 is 1.14 bits per heavy atom. The molecule has 78 valence electrons. The number of rotatable bonds is 4. The molecule has 0 aliphatic heterocycles. The summed E-state index contributed by atoms with van der Waals surface area (Å²) in [5, 5.41) is 19.3. The van der Waals surface area contributed by atoms with E-state index in [0.717, 1.165) is 24.8 Å². The molecule has 0 aliphatic rings. The van der Waals surface area contributed by atoms with Gasteiger partial charge in [-0.25, -0.2) is 0 Å². The zero-order valence-electron chi connectivity index (χ0n) is 8.88. The zero-order chi connectivity index (χ0) is 10.6. The second-order valence-electron chi connectivity index (χ2n) is 3.53. The number of benzene rings is 1. The zero-order valence-corrected chi connectivity index (χ0v) is 8.88. The van der Waals surface area contributed by atoms with Gasteiger partial charge in [0.1, 0.15) is 11.5 Å². The van der Waals surface area contributed by atoms with Crippen molar-refractivity contribution in [3.05, 3.63) is 23.3 Å². The summed E-state index contributed by atoms with van der Waals surface area (Å²) in [4.78, 5) is 0. The Morgan fingerprint density at radius 3 is 2.43 bits per heavy atom. The van der Waals surface area contributed by atoms with Crippen molar-refractivity contribution in [1.29, 1.82) is 0 Å². The molecule has 0 spiro atoms. The molecule has 2 heteroatoms. The third kappa shape index (κ3) is 2.19. The Hall–Kier alpha value is -1.18. The third-order valence-electron chi connectivity index (χ3n) is 2.49. The Kier molecular flexibility index (Phi) is 3.81. The fourth-order valence-corrected chi connectivity index (χ4v) is 1.59. The lowest BCUT2D eigenvalue weighted by Crippen LogP contribution is -1.91. The number of aryl methyl sites for hydroxylation is 1. The van der Waals surface area contributed by atoms with Crippen molar-refractivity contribution in [3.8, 4) is 11.5 Å². The van der Waals surface area contributed by atoms with Crippen molar-refractivity contribution in [1.82, 2.24) is 0 Å². The van der Waals surface area contributed by atoms with Gasteiger partial charge in [0.15, 0.2) is 0 Å². The first-order valence-electron chi connectivity index (χ1n) is 5.23. The summed E-state index contributed by atoms with van der Waals surface area (Å²) in [7, 11) is 0. The summed E-state index contributed by atoms with van der Waals surface area (Å²) in [5.41, 5.74) is 1.61. The second kappa shape index (κ2) is 4.89. The van der Waals surface area contributed by atoms with Crippen molar-refractivity contribution < 1.29 is 10.2 Å². The fraction of sp³-hybridized carbons (Fsp3) is 0.500. The molecule has 0 amide bonds. The minimum Gasteiger partial charge on any atom is -0.508 e. The highest BCUT2D eigenvalue weighted by Crippen LogP contribution is 2.31. The minimum atomic E-state index is 0.199. The maximum Gasteiger partial charge on any atom is 0.125 e. The third-order valence-corrected chi connectivity index (χ3v) is 2.49. The van der Waals surface area contributed by atoms with Crippen LogP contribution in [0, 0.1) is 0 Å². The maximum atomic E-state index is 9.84. The summed E-state index contributed by atoms with van der Waals surface area (Å²) in [5.74, 6) is 0.478. The van der Waals surface area contributed by atoms with Crippen LogP contribution in [-0.4, -0.2) is 10.2 Å². The van der Waals surface area contributed by atoms with Crippen LogP contribution in [0.2, 0.25) is 0 Å². The van der Waals surface area contributed by atoms with Gasteiger partial charge in [0.25, 0.3) is 0 Å². The van der Waals surface area contributed by atoms with Crippen molar-refractivity contribution in [2.24, 2.45) is 0 Å². The molecule has 2 N–H and O–H groups in total. The number of unbranched alkanes of at least 4 members (excludes halogenated alkanes) is 1. The van der Waals surface area contributed by atoms with E-state index in [9.17, 15) is 10.2 Å². The first-order chi connectivity index (χ1) is 6.70. The average molecular weight is 194 g/mol. The molecule has 0 saturated carbocycles. The summed E-state index contributed by atoms with van der Waals surface area (Å²) in [6, 6.07) is 3.48. The molecular weight excluding hydrogens is 176 g/mol. The van der Waals surface area contributed by atoms with Crippen molar-refractivity contribution in [2.75, 3.05) is 0 Å². The van der Waals surface area contributed by atoms with Gasteiger partial charge in [-0.1, -0.05) is 26.3 Å². The van der Waals surface area contributed by atoms with E-state index in [-0.39, 0.29) is 11.5 Å². The molecule has 0 fully saturated rings. The van der Waals surface area contributed by atoms with Gasteiger partial charge >= 0.3 is 0 Å². The topological polar surface area (TPSA) is 40.5 Å². The SMILES string of the molecule is CCCCc1ccc(O)c(CC)c1O. The largest absolute Gasteiger partial charge is 0.508 e. The minimum absolute atomic E-state index is 0.199. The smallest absolute Gasteiger partial charge is 0.125 e. The van der Waals surface area contributed by atoms with Gasteiger partial charge in [0.2, 0.25) is 0 Å². The standard InChI is InChI=1S/C12H18O2/c1-3-5-6-9-7-8-11(13)10(4-2)12(9)14/h7-8,13-14H,3-6H2,1-2H3. The predicted octanol–water partition coefficient (Wildman–Crippen LogP) is 3.00. The van der Waals surface area contributed by atoms with Crippen LogP contribution in [0.4, 0.5) is 0 Å². The predicted molar refractivity (Wildman–Crippen MR) is 57.8 cm³/mol. The van der Waals surface area contributed by atoms with Crippen molar-refractivity contribution in [2.45, 2.75) is 39.5 Å². The molecule has 0 unspecified atom stereocenters. The van der Waals surface area contributed by atoms with E-state index in [1.165, 1.54) is 0 Å². The van der Waals surface area contributed by atoms with E-state index in [2.05, 4.69) is 6.92 Å². The summed E-state index contributed by atoms with van der Waals surface area (Å²) in [6.45, 7) is 4.05. The number of phenolic OH excluding ortho intramolecular Hbond substituents is 2. The summed E-state index contributed by atoms with van der Waals surface area (Å²) in [6.07, 6.45) is 3.73. The van der Waals surface area contributed by atoms with E-state index in [4.69, 9.17) is 0 Å². The van der Waals surface area contributed by atoms with Gasteiger partial charge in [-0.15, -0.1) is 0 Å². The normalized spacial score (nSPS) is 10.4. The van der Waals surface area contributed by atoms with Crippen LogP contribution in [-0.2, 0) is 12.8 Å². The quantitative estimate of drug-likeness (QED) is 0.773. The highest BCUT2D eigenvalue weighted by atomic mass is 16.3. The molecule has 0 bridgehead atoms. The highest BCUT2D eigenvalue weighted by molar-refractivity contribution is 5.48. The van der Waals surface area contributed by atoms with Crippen LogP contribution in [0.15, 0.2) is 12.1 Å². The maximum absolute atomic E-state index is 9.84. The summed E-state index contributed by atoms with van der Waals surface area (Å²) >= 11 is 0. The Bertz CT molecular complexity index is 305. The lowest BCUT2D eigenvalue weighted by Gasteiger charge is -2.09. The molecule has 1 aromatic carbocycles. The van der Waals surface area contributed by atoms with Gasteiger partial charge in [-0.05, 0) is 30.9 Å². The van der Waals surface area contributed by atoms with Gasteiger partial charge in [-0.3, -0.25) is 0 Å². The summed E-state index contributed by atoms with van der Waals surface area (Å²) < 4.78 is 0. The molecule has 0 aliphatic carbocycles. The molecule has 1 aromatic rings. The number of aromatic hydroxyl groups is 2. The molecule has 0 aromatic heterocycles. The Labute approximate surface area is 85.2 Å². The molecule has 0 atom stereocenters. The van der Waals surface area contributed by atoms with Crippen molar-refractivity contribution >= 4 is 0 Å². The number of phenols is 2. The molecule has 0 radical (unpaired) electrons.